The number of aliphatic hydroxyl groups excluding tert-OH is 1. The van der Waals surface area contributed by atoms with Gasteiger partial charge < -0.3 is 14.8 Å². The molecule has 2 aromatic carbocycles. The molecule has 2 heterocycles. The molecule has 1 unspecified atom stereocenters. The third-order valence-corrected chi connectivity index (χ3v) is 5.51. The Bertz CT molecular complexity index is 1050. The van der Waals surface area contributed by atoms with Gasteiger partial charge in [-0.1, -0.05) is 59.7 Å². The number of benzene rings is 2. The molecular weight excluding hydrogens is 434 g/mol. The van der Waals surface area contributed by atoms with Crippen LogP contribution in [0.1, 0.15) is 48.6 Å². The van der Waals surface area contributed by atoms with Crippen LogP contribution >= 0.6 is 0 Å². The molecule has 188 valence electrons. The molecule has 1 aromatic heterocycles. The van der Waals surface area contributed by atoms with Crippen LogP contribution < -0.4 is 0 Å². The maximum atomic E-state index is 11.5. The quantitative estimate of drug-likeness (QED) is 0.361. The lowest BCUT2D eigenvalue weighted by Crippen LogP contribution is -2.10. The first-order valence-corrected chi connectivity index (χ1v) is 11.9. The third kappa shape index (κ3) is 10.1. The Morgan fingerprint density at radius 1 is 1.06 bits per heavy atom. The molecule has 5 nitrogen and oxygen atoms in total. The highest BCUT2D eigenvalue weighted by molar-refractivity contribution is 5.63. The van der Waals surface area contributed by atoms with Crippen molar-refractivity contribution in [1.29, 1.82) is 0 Å². The van der Waals surface area contributed by atoms with Gasteiger partial charge in [-0.2, -0.15) is 5.10 Å². The molecule has 0 spiro atoms. The van der Waals surface area contributed by atoms with Crippen LogP contribution in [0.3, 0.4) is 0 Å². The van der Waals surface area contributed by atoms with Crippen LogP contribution in [-0.2, 0) is 11.2 Å². The van der Waals surface area contributed by atoms with E-state index in [2.05, 4.69) is 61.7 Å². The second-order valence-electron chi connectivity index (χ2n) is 8.41. The smallest absolute Gasteiger partial charge is 0.127 e. The summed E-state index contributed by atoms with van der Waals surface area (Å²) in [6.07, 6.45) is 8.83. The number of rotatable bonds is 5. The van der Waals surface area contributed by atoms with Crippen LogP contribution in [0.25, 0.3) is 5.69 Å². The molecule has 1 aliphatic heterocycles. The van der Waals surface area contributed by atoms with E-state index in [-0.39, 0.29) is 5.92 Å². The van der Waals surface area contributed by atoms with Gasteiger partial charge in [-0.3, -0.25) is 0 Å². The zero-order chi connectivity index (χ0) is 26.2. The second kappa shape index (κ2) is 16.2. The summed E-state index contributed by atoms with van der Waals surface area (Å²) < 4.78 is 1.85. The maximum absolute atomic E-state index is 11.5. The standard InChI is InChI=1S/C20H20N2O.C6H11N.C3H6.CH4O/c1-15-6-8-20(9-7-15)22-11-10-19(21-22)13-18(14-23)17-5-3-4-16(2)12-17;1-6-4-3-5-7(6)2;1-3-2;1-2/h3-12,14,18H,13H2,1-2H3;4H,3,5H2,1-2H3;3H,1H2,2H3;2H,1H3. The van der Waals surface area contributed by atoms with Crippen molar-refractivity contribution in [2.75, 3.05) is 20.7 Å². The zero-order valence-corrected chi connectivity index (χ0v) is 22.1. The highest BCUT2D eigenvalue weighted by atomic mass is 16.2. The van der Waals surface area contributed by atoms with Crippen molar-refractivity contribution in [3.8, 4) is 5.69 Å². The van der Waals surface area contributed by atoms with Crippen molar-refractivity contribution in [3.63, 3.8) is 0 Å². The van der Waals surface area contributed by atoms with Crippen LogP contribution in [-0.4, -0.2) is 46.8 Å². The van der Waals surface area contributed by atoms with Gasteiger partial charge in [0.1, 0.15) is 6.29 Å². The Balaban J connectivity index is 0.000000425. The summed E-state index contributed by atoms with van der Waals surface area (Å²) in [6.45, 7) is 12.7. The number of carbonyl (C=O) groups excluding carboxylic acids is 1. The molecule has 0 saturated carbocycles. The number of aldehydes is 1. The Hall–Kier alpha value is -3.44. The number of aliphatic hydroxyl groups is 1. The summed E-state index contributed by atoms with van der Waals surface area (Å²) in [5.41, 5.74) is 6.80. The molecule has 0 fully saturated rings. The molecule has 0 aliphatic carbocycles. The average Bonchev–Trinajstić information content (AvgIpc) is 3.48. The Morgan fingerprint density at radius 3 is 2.20 bits per heavy atom. The number of allylic oxidation sites excluding steroid dienone is 2. The van der Waals surface area contributed by atoms with Gasteiger partial charge in [0.2, 0.25) is 0 Å². The molecule has 0 bridgehead atoms. The zero-order valence-electron chi connectivity index (χ0n) is 22.1. The van der Waals surface area contributed by atoms with Crippen LogP contribution in [0.5, 0.6) is 0 Å². The van der Waals surface area contributed by atoms with E-state index in [9.17, 15) is 4.79 Å². The fourth-order valence-electron chi connectivity index (χ4n) is 3.48. The monoisotopic (exact) mass is 475 g/mol. The third-order valence-electron chi connectivity index (χ3n) is 5.51. The van der Waals surface area contributed by atoms with Crippen molar-refractivity contribution in [3.05, 3.63) is 108 Å². The first-order valence-electron chi connectivity index (χ1n) is 11.9. The molecule has 4 rings (SSSR count). The highest BCUT2D eigenvalue weighted by Crippen LogP contribution is 2.20. The van der Waals surface area contributed by atoms with Crippen molar-refractivity contribution >= 4 is 6.29 Å². The van der Waals surface area contributed by atoms with Crippen LogP contribution in [0.2, 0.25) is 0 Å². The van der Waals surface area contributed by atoms with Crippen molar-refractivity contribution in [1.82, 2.24) is 14.7 Å². The number of aryl methyl sites for hydroxylation is 2. The first-order chi connectivity index (χ1) is 16.9. The maximum Gasteiger partial charge on any atom is 0.127 e. The number of hydrogen-bond donors (Lipinski definition) is 1. The summed E-state index contributed by atoms with van der Waals surface area (Å²) in [5, 5.41) is 11.6. The first kappa shape index (κ1) is 29.6. The predicted octanol–water partition coefficient (Wildman–Crippen LogP) is 6.04. The number of nitrogens with zero attached hydrogens (tertiary/aromatic N) is 3. The fraction of sp³-hybridized carbons (Fsp3) is 0.333. The average molecular weight is 476 g/mol. The van der Waals surface area contributed by atoms with Gasteiger partial charge >= 0.3 is 0 Å². The Labute approximate surface area is 211 Å². The van der Waals surface area contributed by atoms with Gasteiger partial charge in [0.05, 0.1) is 11.4 Å². The lowest BCUT2D eigenvalue weighted by Gasteiger charge is -2.10. The molecule has 1 N–H and O–H groups in total. The summed E-state index contributed by atoms with van der Waals surface area (Å²) in [6, 6.07) is 18.3. The molecular formula is C30H41N3O2. The van der Waals surface area contributed by atoms with Crippen LogP contribution in [0.4, 0.5) is 0 Å². The lowest BCUT2D eigenvalue weighted by atomic mass is 9.94. The van der Waals surface area contributed by atoms with E-state index in [0.29, 0.717) is 6.42 Å². The van der Waals surface area contributed by atoms with Gasteiger partial charge in [-0.15, -0.1) is 6.58 Å². The SMILES string of the molecule is C=CC.CC1=CCCN1C.CO.Cc1ccc(-n2ccc(CC(C=O)c3cccc(C)c3)n2)cc1. The summed E-state index contributed by atoms with van der Waals surface area (Å²) in [7, 11) is 3.12. The summed E-state index contributed by atoms with van der Waals surface area (Å²) >= 11 is 0. The van der Waals surface area contributed by atoms with E-state index in [1.807, 2.05) is 61.1 Å². The van der Waals surface area contributed by atoms with E-state index in [1.165, 1.54) is 29.8 Å². The van der Waals surface area contributed by atoms with Crippen LogP contribution in [0, 0.1) is 13.8 Å². The molecule has 3 aromatic rings. The topological polar surface area (TPSA) is 58.4 Å². The minimum Gasteiger partial charge on any atom is -0.400 e. The van der Waals surface area contributed by atoms with Crippen molar-refractivity contribution in [2.45, 2.75) is 46.5 Å². The normalized spacial score (nSPS) is 12.5. The Morgan fingerprint density at radius 2 is 1.71 bits per heavy atom. The molecule has 0 saturated heterocycles. The number of aromatic nitrogens is 2. The van der Waals surface area contributed by atoms with Gasteiger partial charge in [0.15, 0.2) is 0 Å². The molecule has 1 atom stereocenters. The lowest BCUT2D eigenvalue weighted by molar-refractivity contribution is -0.109. The van der Waals surface area contributed by atoms with Gasteiger partial charge in [-0.05, 0) is 57.9 Å². The summed E-state index contributed by atoms with van der Waals surface area (Å²) in [4.78, 5) is 13.8. The predicted molar refractivity (Wildman–Crippen MR) is 147 cm³/mol. The summed E-state index contributed by atoms with van der Waals surface area (Å²) in [5.74, 6) is -0.156. The highest BCUT2D eigenvalue weighted by Gasteiger charge is 2.13. The molecule has 0 amide bonds. The van der Waals surface area contributed by atoms with E-state index < -0.39 is 0 Å². The van der Waals surface area contributed by atoms with Gasteiger partial charge in [-0.25, -0.2) is 4.68 Å². The number of hydrogen-bond acceptors (Lipinski definition) is 4. The van der Waals surface area contributed by atoms with Crippen LogP contribution in [0.15, 0.2) is 85.2 Å². The Kier molecular flexibility index (Phi) is 13.7. The fourth-order valence-corrected chi connectivity index (χ4v) is 3.48. The van der Waals surface area contributed by atoms with E-state index >= 15 is 0 Å². The molecule has 35 heavy (non-hydrogen) atoms. The van der Waals surface area contributed by atoms with E-state index in [4.69, 9.17) is 5.11 Å². The second-order valence-corrected chi connectivity index (χ2v) is 8.41. The molecule has 5 heteroatoms. The molecule has 0 radical (unpaired) electrons. The van der Waals surface area contributed by atoms with Crippen molar-refractivity contribution < 1.29 is 9.90 Å². The van der Waals surface area contributed by atoms with E-state index in [1.54, 1.807) is 6.08 Å². The van der Waals surface area contributed by atoms with Gasteiger partial charge in [0, 0.05) is 44.9 Å². The van der Waals surface area contributed by atoms with Crippen molar-refractivity contribution in [2.24, 2.45) is 0 Å². The largest absolute Gasteiger partial charge is 0.400 e. The molecule has 1 aliphatic rings. The number of carbonyl (C=O) groups is 1. The van der Waals surface area contributed by atoms with Gasteiger partial charge in [0.25, 0.3) is 0 Å². The minimum absolute atomic E-state index is 0.156. The minimum atomic E-state index is -0.156. The van der Waals surface area contributed by atoms with E-state index in [0.717, 1.165) is 30.3 Å².